The summed E-state index contributed by atoms with van der Waals surface area (Å²) in [6.07, 6.45) is 2.41. The van der Waals surface area contributed by atoms with Crippen molar-refractivity contribution in [2.45, 2.75) is 13.3 Å². The summed E-state index contributed by atoms with van der Waals surface area (Å²) in [6, 6.07) is 13.2. The van der Waals surface area contributed by atoms with Crippen molar-refractivity contribution in [1.82, 2.24) is 0 Å². The fourth-order valence-electron chi connectivity index (χ4n) is 1.95. The predicted octanol–water partition coefficient (Wildman–Crippen LogP) is 2.61. The fourth-order valence-corrected chi connectivity index (χ4v) is 1.95. The first kappa shape index (κ1) is 13.9. The molecule has 0 atom stereocenters. The van der Waals surface area contributed by atoms with Gasteiger partial charge in [-0.05, 0) is 35.7 Å². The maximum atomic E-state index is 9.49. The van der Waals surface area contributed by atoms with Gasteiger partial charge in [0.1, 0.15) is 11.5 Å². The Morgan fingerprint density at radius 2 is 1.95 bits per heavy atom. The van der Waals surface area contributed by atoms with Crippen LogP contribution in [0, 0.1) is 6.92 Å². The Balaban J connectivity index is 1.89. The molecule has 0 saturated heterocycles. The van der Waals surface area contributed by atoms with Crippen molar-refractivity contribution >= 4 is 6.21 Å². The lowest BCUT2D eigenvalue weighted by Crippen LogP contribution is -2.01. The average molecular weight is 270 g/mol. The Morgan fingerprint density at radius 3 is 2.60 bits per heavy atom. The van der Waals surface area contributed by atoms with E-state index in [1.807, 2.05) is 37.3 Å². The second-order valence-corrected chi connectivity index (χ2v) is 4.62. The highest BCUT2D eigenvalue weighted by Crippen LogP contribution is 2.21. The first-order valence-corrected chi connectivity index (χ1v) is 6.43. The number of ether oxygens (including phenoxy) is 1. The van der Waals surface area contributed by atoms with Crippen LogP contribution in [-0.2, 0) is 6.42 Å². The minimum absolute atomic E-state index is 0.227. The maximum absolute atomic E-state index is 9.49. The molecule has 0 unspecified atom stereocenters. The summed E-state index contributed by atoms with van der Waals surface area (Å²) in [5.41, 5.74) is 3.13. The van der Waals surface area contributed by atoms with E-state index in [0.29, 0.717) is 12.4 Å². The molecule has 2 aromatic rings. The Morgan fingerprint density at radius 1 is 1.20 bits per heavy atom. The zero-order chi connectivity index (χ0) is 14.4. The Labute approximate surface area is 118 Å². The van der Waals surface area contributed by atoms with E-state index in [4.69, 9.17) is 10.6 Å². The molecule has 0 aromatic heterocycles. The number of hydrazone groups is 1. The van der Waals surface area contributed by atoms with Crippen LogP contribution in [-0.4, -0.2) is 17.9 Å². The average Bonchev–Trinajstić information content (AvgIpc) is 2.40. The molecule has 0 bridgehead atoms. The second-order valence-electron chi connectivity index (χ2n) is 4.62. The van der Waals surface area contributed by atoms with Crippen LogP contribution in [0.1, 0.15) is 16.7 Å². The minimum Gasteiger partial charge on any atom is -0.508 e. The number of hydrogen-bond acceptors (Lipinski definition) is 4. The molecule has 0 radical (unpaired) electrons. The van der Waals surface area contributed by atoms with Crippen molar-refractivity contribution in [2.24, 2.45) is 10.9 Å². The molecule has 0 aliphatic rings. The number of hydrogen-bond donors (Lipinski definition) is 2. The first-order valence-electron chi connectivity index (χ1n) is 6.43. The summed E-state index contributed by atoms with van der Waals surface area (Å²) in [7, 11) is 0. The number of aromatic hydroxyl groups is 1. The van der Waals surface area contributed by atoms with Crippen LogP contribution in [0.3, 0.4) is 0 Å². The summed E-state index contributed by atoms with van der Waals surface area (Å²) in [6.45, 7) is 2.48. The van der Waals surface area contributed by atoms with Gasteiger partial charge in [0.25, 0.3) is 0 Å². The second kappa shape index (κ2) is 6.61. The SMILES string of the molecule is Cc1cc(O)cc(OCCc2ccc(/C=N\N)cc2)c1. The predicted molar refractivity (Wildman–Crippen MR) is 80.3 cm³/mol. The van der Waals surface area contributed by atoms with Crippen molar-refractivity contribution < 1.29 is 9.84 Å². The molecule has 20 heavy (non-hydrogen) atoms. The number of nitrogens with two attached hydrogens (primary N) is 1. The van der Waals surface area contributed by atoms with E-state index >= 15 is 0 Å². The largest absolute Gasteiger partial charge is 0.508 e. The smallest absolute Gasteiger partial charge is 0.123 e. The van der Waals surface area contributed by atoms with Gasteiger partial charge >= 0.3 is 0 Å². The van der Waals surface area contributed by atoms with Gasteiger partial charge in [0.2, 0.25) is 0 Å². The van der Waals surface area contributed by atoms with E-state index in [1.165, 1.54) is 5.56 Å². The molecule has 0 amide bonds. The zero-order valence-electron chi connectivity index (χ0n) is 11.4. The molecule has 4 nitrogen and oxygen atoms in total. The van der Waals surface area contributed by atoms with Crippen LogP contribution in [0.15, 0.2) is 47.6 Å². The minimum atomic E-state index is 0.227. The van der Waals surface area contributed by atoms with Gasteiger partial charge in [-0.1, -0.05) is 24.3 Å². The van der Waals surface area contributed by atoms with Gasteiger partial charge in [0.05, 0.1) is 12.8 Å². The Kier molecular flexibility index (Phi) is 4.60. The lowest BCUT2D eigenvalue weighted by molar-refractivity contribution is 0.319. The lowest BCUT2D eigenvalue weighted by Gasteiger charge is -2.08. The van der Waals surface area contributed by atoms with E-state index < -0.39 is 0 Å². The first-order chi connectivity index (χ1) is 9.67. The molecular weight excluding hydrogens is 252 g/mol. The molecule has 4 heteroatoms. The number of phenols is 1. The quantitative estimate of drug-likeness (QED) is 0.498. The monoisotopic (exact) mass is 270 g/mol. The lowest BCUT2D eigenvalue weighted by atomic mass is 10.1. The number of nitrogens with zero attached hydrogens (tertiary/aromatic N) is 1. The van der Waals surface area contributed by atoms with Crippen LogP contribution in [0.4, 0.5) is 0 Å². The van der Waals surface area contributed by atoms with Crippen molar-refractivity contribution in [1.29, 1.82) is 0 Å². The normalized spacial score (nSPS) is 10.8. The molecule has 0 fully saturated rings. The van der Waals surface area contributed by atoms with Gasteiger partial charge in [-0.2, -0.15) is 5.10 Å². The van der Waals surface area contributed by atoms with Crippen molar-refractivity contribution in [3.63, 3.8) is 0 Å². The Hall–Kier alpha value is -2.49. The summed E-state index contributed by atoms with van der Waals surface area (Å²) in [5, 5.41) is 13.0. The highest BCUT2D eigenvalue weighted by molar-refractivity contribution is 5.79. The van der Waals surface area contributed by atoms with E-state index in [9.17, 15) is 5.11 Å². The number of rotatable bonds is 5. The summed E-state index contributed by atoms with van der Waals surface area (Å²) in [4.78, 5) is 0. The van der Waals surface area contributed by atoms with Crippen molar-refractivity contribution in [2.75, 3.05) is 6.61 Å². The van der Waals surface area contributed by atoms with Crippen molar-refractivity contribution in [3.05, 3.63) is 59.2 Å². The molecule has 0 aliphatic carbocycles. The molecule has 104 valence electrons. The topological polar surface area (TPSA) is 67.8 Å². The molecule has 0 saturated carbocycles. The molecular formula is C16H18N2O2. The third kappa shape index (κ3) is 4.02. The number of benzene rings is 2. The standard InChI is InChI=1S/C16H18N2O2/c1-12-8-15(19)10-16(9-12)20-7-6-13-2-4-14(5-3-13)11-18-17/h2-5,8-11,19H,6-7,17H2,1H3/b18-11-. The van der Waals surface area contributed by atoms with E-state index in [-0.39, 0.29) is 5.75 Å². The third-order valence-electron chi connectivity index (χ3n) is 2.90. The van der Waals surface area contributed by atoms with Crippen molar-refractivity contribution in [3.8, 4) is 11.5 Å². The van der Waals surface area contributed by atoms with Gasteiger partial charge in [0.15, 0.2) is 0 Å². The maximum Gasteiger partial charge on any atom is 0.123 e. The van der Waals surface area contributed by atoms with Gasteiger partial charge in [-0.15, -0.1) is 0 Å². The van der Waals surface area contributed by atoms with Crippen LogP contribution in [0.5, 0.6) is 11.5 Å². The number of aryl methyl sites for hydroxylation is 1. The highest BCUT2D eigenvalue weighted by Gasteiger charge is 1.99. The zero-order valence-corrected chi connectivity index (χ0v) is 11.4. The number of phenolic OH excluding ortho intramolecular Hbond substituents is 1. The Bertz CT molecular complexity index is 572. The molecule has 3 N–H and O–H groups in total. The van der Waals surface area contributed by atoms with Crippen LogP contribution in [0.25, 0.3) is 0 Å². The summed E-state index contributed by atoms with van der Waals surface area (Å²) < 4.78 is 5.64. The van der Waals surface area contributed by atoms with Gasteiger partial charge in [-0.25, -0.2) is 0 Å². The van der Waals surface area contributed by atoms with Gasteiger partial charge in [-0.3, -0.25) is 0 Å². The van der Waals surface area contributed by atoms with Crippen LogP contribution < -0.4 is 10.6 Å². The van der Waals surface area contributed by atoms with Gasteiger partial charge in [0, 0.05) is 12.5 Å². The van der Waals surface area contributed by atoms with Crippen LogP contribution >= 0.6 is 0 Å². The third-order valence-corrected chi connectivity index (χ3v) is 2.90. The summed E-state index contributed by atoms with van der Waals surface area (Å²) in [5.74, 6) is 6.01. The molecule has 0 heterocycles. The molecule has 2 rings (SSSR count). The molecule has 2 aromatic carbocycles. The molecule has 0 aliphatic heterocycles. The van der Waals surface area contributed by atoms with E-state index in [0.717, 1.165) is 17.5 Å². The van der Waals surface area contributed by atoms with E-state index in [1.54, 1.807) is 18.3 Å². The highest BCUT2D eigenvalue weighted by atomic mass is 16.5. The van der Waals surface area contributed by atoms with Crippen LogP contribution in [0.2, 0.25) is 0 Å². The van der Waals surface area contributed by atoms with E-state index in [2.05, 4.69) is 5.10 Å². The fraction of sp³-hybridized carbons (Fsp3) is 0.188. The molecule has 0 spiro atoms. The van der Waals surface area contributed by atoms with Gasteiger partial charge < -0.3 is 15.7 Å². The summed E-state index contributed by atoms with van der Waals surface area (Å²) >= 11 is 0.